The first-order chi connectivity index (χ1) is 13.6. The number of rotatable bonds is 8. The van der Waals surface area contributed by atoms with Crippen LogP contribution in [0, 0.1) is 0 Å². The first-order valence-electron chi connectivity index (χ1n) is 9.04. The molecule has 1 heterocycles. The maximum absolute atomic E-state index is 12.4. The van der Waals surface area contributed by atoms with E-state index in [1.165, 1.54) is 6.26 Å². The van der Waals surface area contributed by atoms with Crippen LogP contribution in [0.2, 0.25) is 0 Å². The molecule has 0 fully saturated rings. The number of benzene rings is 2. The number of carbonyl (C=O) groups is 1. The van der Waals surface area contributed by atoms with Gasteiger partial charge in [0.25, 0.3) is 5.91 Å². The number of hydrogen-bond acceptors (Lipinski definition) is 6. The Hall–Kier alpha value is -3.32. The Morgan fingerprint density at radius 1 is 1.25 bits per heavy atom. The second-order valence-corrected chi connectivity index (χ2v) is 6.27. The average Bonchev–Trinajstić information content (AvgIpc) is 3.20. The van der Waals surface area contributed by atoms with Crippen molar-refractivity contribution in [2.24, 2.45) is 5.73 Å². The molecular weight excluding hydrogens is 358 g/mol. The van der Waals surface area contributed by atoms with E-state index in [2.05, 4.69) is 10.3 Å². The molecule has 1 unspecified atom stereocenters. The van der Waals surface area contributed by atoms with Crippen molar-refractivity contribution in [3.63, 3.8) is 0 Å². The smallest absolute Gasteiger partial charge is 0.273 e. The highest BCUT2D eigenvalue weighted by atomic mass is 16.5. The number of carbonyl (C=O) groups excluding carboxylic acids is 1. The first-order valence-corrected chi connectivity index (χ1v) is 9.04. The normalized spacial score (nSPS) is 11.8. The molecule has 0 saturated carbocycles. The van der Waals surface area contributed by atoms with Crippen molar-refractivity contribution in [1.82, 2.24) is 10.3 Å². The number of phenolic OH excluding ortho intramolecular Hbond substituents is 1. The zero-order chi connectivity index (χ0) is 19.9. The molecule has 0 saturated heterocycles. The zero-order valence-corrected chi connectivity index (χ0v) is 15.6. The van der Waals surface area contributed by atoms with Gasteiger partial charge in [-0.3, -0.25) is 4.79 Å². The van der Waals surface area contributed by atoms with E-state index in [1.807, 2.05) is 31.2 Å². The molecule has 2 aromatic carbocycles. The van der Waals surface area contributed by atoms with Gasteiger partial charge in [0.1, 0.15) is 17.8 Å². The Labute approximate surface area is 163 Å². The summed E-state index contributed by atoms with van der Waals surface area (Å²) in [6, 6.07) is 13.8. The third-order valence-electron chi connectivity index (χ3n) is 4.18. The fraction of sp³-hybridized carbons (Fsp3) is 0.238. The van der Waals surface area contributed by atoms with Gasteiger partial charge in [0, 0.05) is 12.1 Å². The fourth-order valence-corrected chi connectivity index (χ4v) is 2.75. The summed E-state index contributed by atoms with van der Waals surface area (Å²) in [5.74, 6) is 0.867. The van der Waals surface area contributed by atoms with Gasteiger partial charge in [0.05, 0.1) is 12.6 Å². The molecule has 0 aliphatic rings. The average molecular weight is 381 g/mol. The highest BCUT2D eigenvalue weighted by molar-refractivity contribution is 5.91. The van der Waals surface area contributed by atoms with Gasteiger partial charge in [0.2, 0.25) is 5.89 Å². The van der Waals surface area contributed by atoms with E-state index < -0.39 is 6.04 Å². The van der Waals surface area contributed by atoms with Crippen LogP contribution in [0.1, 0.15) is 40.5 Å². The molecule has 0 aliphatic carbocycles. The molecule has 7 heteroatoms. The topological polar surface area (TPSA) is 111 Å². The van der Waals surface area contributed by atoms with Crippen LogP contribution in [0.4, 0.5) is 0 Å². The van der Waals surface area contributed by atoms with E-state index in [-0.39, 0.29) is 23.2 Å². The number of aromatic nitrogens is 1. The largest absolute Gasteiger partial charge is 0.508 e. The van der Waals surface area contributed by atoms with Gasteiger partial charge in [-0.05, 0) is 37.1 Å². The number of nitrogens with zero attached hydrogens (tertiary/aromatic N) is 1. The Morgan fingerprint density at radius 2 is 2.00 bits per heavy atom. The van der Waals surface area contributed by atoms with Gasteiger partial charge in [-0.2, -0.15) is 0 Å². The number of nitrogens with one attached hydrogen (secondary N) is 1. The maximum Gasteiger partial charge on any atom is 0.273 e. The third-order valence-corrected chi connectivity index (χ3v) is 4.18. The molecule has 3 rings (SSSR count). The monoisotopic (exact) mass is 381 g/mol. The molecule has 0 bridgehead atoms. The Balaban J connectivity index is 1.60. The number of amides is 1. The standard InChI is InChI=1S/C21H23N3O4/c1-2-27-19-6-4-3-5-15(19)12-23-20(26)18-13-28-21(24-18)17(22)11-14-7-9-16(25)10-8-14/h3-10,13,17,25H,2,11-12,22H2,1H3,(H,23,26). The second kappa shape index (κ2) is 9.05. The van der Waals surface area contributed by atoms with Crippen molar-refractivity contribution in [3.05, 3.63) is 77.5 Å². The molecule has 28 heavy (non-hydrogen) atoms. The number of phenols is 1. The van der Waals surface area contributed by atoms with Crippen molar-refractivity contribution in [2.45, 2.75) is 25.9 Å². The maximum atomic E-state index is 12.4. The summed E-state index contributed by atoms with van der Waals surface area (Å²) in [5.41, 5.74) is 8.11. The number of nitrogens with two attached hydrogens (primary N) is 1. The molecule has 1 aromatic heterocycles. The number of para-hydroxylation sites is 1. The zero-order valence-electron chi connectivity index (χ0n) is 15.6. The summed E-state index contributed by atoms with van der Waals surface area (Å²) in [5, 5.41) is 12.1. The number of oxazole rings is 1. The highest BCUT2D eigenvalue weighted by Crippen LogP contribution is 2.19. The van der Waals surface area contributed by atoms with Crippen molar-refractivity contribution >= 4 is 5.91 Å². The van der Waals surface area contributed by atoms with Crippen LogP contribution in [0.3, 0.4) is 0 Å². The SMILES string of the molecule is CCOc1ccccc1CNC(=O)c1coc(C(N)Cc2ccc(O)cc2)n1. The summed E-state index contributed by atoms with van der Waals surface area (Å²) in [4.78, 5) is 16.6. The lowest BCUT2D eigenvalue weighted by Gasteiger charge is -2.10. The molecule has 146 valence electrons. The van der Waals surface area contributed by atoms with Crippen LogP contribution in [-0.2, 0) is 13.0 Å². The van der Waals surface area contributed by atoms with Gasteiger partial charge >= 0.3 is 0 Å². The predicted octanol–water partition coefficient (Wildman–Crippen LogP) is 2.95. The molecule has 1 amide bonds. The Morgan fingerprint density at radius 3 is 2.75 bits per heavy atom. The van der Waals surface area contributed by atoms with Gasteiger partial charge in [-0.25, -0.2) is 4.98 Å². The van der Waals surface area contributed by atoms with Crippen molar-refractivity contribution in [2.75, 3.05) is 6.61 Å². The number of hydrogen-bond donors (Lipinski definition) is 3. The van der Waals surface area contributed by atoms with Crippen LogP contribution in [-0.4, -0.2) is 22.6 Å². The Kier molecular flexibility index (Phi) is 6.29. The minimum Gasteiger partial charge on any atom is -0.508 e. The van der Waals surface area contributed by atoms with Crippen LogP contribution < -0.4 is 15.8 Å². The molecule has 0 radical (unpaired) electrons. The number of ether oxygens (including phenoxy) is 1. The van der Waals surface area contributed by atoms with E-state index >= 15 is 0 Å². The van der Waals surface area contributed by atoms with Crippen molar-refractivity contribution < 1.29 is 19.1 Å². The van der Waals surface area contributed by atoms with Crippen LogP contribution in [0.15, 0.2) is 59.2 Å². The molecule has 0 aliphatic heterocycles. The molecule has 0 spiro atoms. The quantitative estimate of drug-likeness (QED) is 0.553. The van der Waals surface area contributed by atoms with E-state index in [0.29, 0.717) is 19.6 Å². The van der Waals surface area contributed by atoms with Gasteiger partial charge < -0.3 is 25.3 Å². The van der Waals surface area contributed by atoms with Crippen LogP contribution in [0.5, 0.6) is 11.5 Å². The number of aromatic hydroxyl groups is 1. The molecular formula is C21H23N3O4. The summed E-state index contributed by atoms with van der Waals surface area (Å²) >= 11 is 0. The third kappa shape index (κ3) is 4.89. The summed E-state index contributed by atoms with van der Waals surface area (Å²) in [7, 11) is 0. The minimum absolute atomic E-state index is 0.171. The lowest BCUT2D eigenvalue weighted by Crippen LogP contribution is -2.24. The van der Waals surface area contributed by atoms with Crippen molar-refractivity contribution in [3.8, 4) is 11.5 Å². The van der Waals surface area contributed by atoms with E-state index in [1.54, 1.807) is 24.3 Å². The highest BCUT2D eigenvalue weighted by Gasteiger charge is 2.18. The summed E-state index contributed by atoms with van der Waals surface area (Å²) < 4.78 is 10.9. The van der Waals surface area contributed by atoms with E-state index in [4.69, 9.17) is 14.9 Å². The molecule has 4 N–H and O–H groups in total. The van der Waals surface area contributed by atoms with Crippen LogP contribution in [0.25, 0.3) is 0 Å². The second-order valence-electron chi connectivity index (χ2n) is 6.27. The van der Waals surface area contributed by atoms with Gasteiger partial charge in [-0.15, -0.1) is 0 Å². The summed E-state index contributed by atoms with van der Waals surface area (Å²) in [6.45, 7) is 2.78. The molecule has 3 aromatic rings. The lowest BCUT2D eigenvalue weighted by molar-refractivity contribution is 0.0945. The van der Waals surface area contributed by atoms with E-state index in [0.717, 1.165) is 16.9 Å². The van der Waals surface area contributed by atoms with Gasteiger partial charge in [-0.1, -0.05) is 30.3 Å². The predicted molar refractivity (Wildman–Crippen MR) is 104 cm³/mol. The lowest BCUT2D eigenvalue weighted by atomic mass is 10.1. The molecule has 7 nitrogen and oxygen atoms in total. The Bertz CT molecular complexity index is 921. The molecule has 1 atom stereocenters. The van der Waals surface area contributed by atoms with Gasteiger partial charge in [0.15, 0.2) is 5.69 Å². The van der Waals surface area contributed by atoms with Crippen LogP contribution >= 0.6 is 0 Å². The fourth-order valence-electron chi connectivity index (χ4n) is 2.75. The van der Waals surface area contributed by atoms with Crippen molar-refractivity contribution in [1.29, 1.82) is 0 Å². The minimum atomic E-state index is -0.496. The van der Waals surface area contributed by atoms with E-state index in [9.17, 15) is 9.90 Å². The first kappa shape index (κ1) is 19.4. The summed E-state index contributed by atoms with van der Waals surface area (Å²) in [6.07, 6.45) is 1.78.